The zero-order valence-corrected chi connectivity index (χ0v) is 14.7. The Morgan fingerprint density at radius 2 is 2.12 bits per heavy atom. The molecular weight excluding hydrogens is 392 g/mol. The Morgan fingerprint density at radius 1 is 1.25 bits per heavy atom. The van der Waals surface area contributed by atoms with Crippen LogP contribution in [-0.2, 0) is 0 Å². The number of carbonyl (C=O) groups is 1. The van der Waals surface area contributed by atoms with Crippen molar-refractivity contribution in [2.75, 3.05) is 0 Å². The molecule has 7 heteroatoms. The number of amides is 1. The number of hydrazone groups is 1. The first kappa shape index (κ1) is 16.4. The van der Waals surface area contributed by atoms with Gasteiger partial charge in [-0.05, 0) is 42.5 Å². The molecular formula is C17H12BrClN4O. The molecule has 3 aromatic rings. The van der Waals surface area contributed by atoms with Crippen molar-refractivity contribution in [1.82, 2.24) is 15.0 Å². The number of carbonyl (C=O) groups excluding carboxylic acids is 1. The van der Waals surface area contributed by atoms with Crippen molar-refractivity contribution in [2.45, 2.75) is 0 Å². The Kier molecular flexibility index (Phi) is 5.08. The van der Waals surface area contributed by atoms with Crippen LogP contribution in [0.15, 0.2) is 70.5 Å². The highest BCUT2D eigenvalue weighted by atomic mass is 79.9. The molecule has 0 spiro atoms. The van der Waals surface area contributed by atoms with Crippen LogP contribution in [0, 0.1) is 0 Å². The van der Waals surface area contributed by atoms with Crippen molar-refractivity contribution in [1.29, 1.82) is 0 Å². The number of pyridine rings is 1. The minimum Gasteiger partial charge on any atom is -0.316 e. The van der Waals surface area contributed by atoms with Gasteiger partial charge < -0.3 is 4.57 Å². The van der Waals surface area contributed by atoms with Gasteiger partial charge in [-0.3, -0.25) is 4.79 Å². The van der Waals surface area contributed by atoms with Crippen molar-refractivity contribution >= 4 is 39.7 Å². The van der Waals surface area contributed by atoms with Crippen molar-refractivity contribution in [3.8, 4) is 5.69 Å². The minimum atomic E-state index is -0.412. The Morgan fingerprint density at radius 3 is 2.92 bits per heavy atom. The Bertz CT molecular complexity index is 907. The number of nitrogens with zero attached hydrogens (tertiary/aromatic N) is 3. The summed E-state index contributed by atoms with van der Waals surface area (Å²) < 4.78 is 2.94. The molecule has 24 heavy (non-hydrogen) atoms. The Labute approximate surface area is 152 Å². The van der Waals surface area contributed by atoms with Crippen molar-refractivity contribution in [2.24, 2.45) is 5.10 Å². The molecule has 0 radical (unpaired) electrons. The predicted octanol–water partition coefficient (Wildman–Crippen LogP) is 4.05. The Hall–Kier alpha value is -2.44. The minimum absolute atomic E-state index is 0.141. The smallest absolute Gasteiger partial charge is 0.274 e. The molecule has 2 heterocycles. The third kappa shape index (κ3) is 3.72. The molecule has 0 saturated carbocycles. The first-order valence-corrected chi connectivity index (χ1v) is 8.19. The zero-order valence-electron chi connectivity index (χ0n) is 12.4. The second kappa shape index (κ2) is 7.42. The van der Waals surface area contributed by atoms with Crippen molar-refractivity contribution in [3.63, 3.8) is 0 Å². The molecule has 0 atom stereocenters. The number of halogens is 2. The topological polar surface area (TPSA) is 59.3 Å². The van der Waals surface area contributed by atoms with Gasteiger partial charge in [0, 0.05) is 22.6 Å². The average molecular weight is 404 g/mol. The fraction of sp³-hybridized carbons (Fsp3) is 0. The lowest BCUT2D eigenvalue weighted by atomic mass is 10.3. The van der Waals surface area contributed by atoms with E-state index in [0.717, 1.165) is 15.9 Å². The summed E-state index contributed by atoms with van der Waals surface area (Å²) in [5, 5.41) is 4.14. The number of hydrogen-bond acceptors (Lipinski definition) is 3. The summed E-state index contributed by atoms with van der Waals surface area (Å²) in [5.41, 5.74) is 4.54. The van der Waals surface area contributed by atoms with Gasteiger partial charge in [0.2, 0.25) is 0 Å². The van der Waals surface area contributed by atoms with E-state index < -0.39 is 5.91 Å². The van der Waals surface area contributed by atoms with Gasteiger partial charge in [-0.25, -0.2) is 10.4 Å². The summed E-state index contributed by atoms with van der Waals surface area (Å²) in [6, 6.07) is 14.9. The van der Waals surface area contributed by atoms with Gasteiger partial charge in [-0.2, -0.15) is 5.10 Å². The quantitative estimate of drug-likeness (QED) is 0.406. The molecule has 0 aliphatic heterocycles. The largest absolute Gasteiger partial charge is 0.316 e. The van der Waals surface area contributed by atoms with Gasteiger partial charge in [-0.1, -0.05) is 33.6 Å². The molecule has 1 N–H and O–H groups in total. The summed E-state index contributed by atoms with van der Waals surface area (Å²) in [6.45, 7) is 0. The van der Waals surface area contributed by atoms with E-state index in [1.165, 1.54) is 6.20 Å². The van der Waals surface area contributed by atoms with E-state index in [9.17, 15) is 4.79 Å². The SMILES string of the molecule is O=C(NN=Cc1cccn1-c1cccc(Br)c1)c1cccnc1Cl. The van der Waals surface area contributed by atoms with Crippen molar-refractivity contribution in [3.05, 3.63) is 81.8 Å². The maximum atomic E-state index is 12.0. The predicted molar refractivity (Wildman–Crippen MR) is 97.8 cm³/mol. The van der Waals surface area contributed by atoms with Crippen LogP contribution in [-0.4, -0.2) is 21.7 Å². The van der Waals surface area contributed by atoms with Crippen LogP contribution in [0.5, 0.6) is 0 Å². The molecule has 0 aliphatic rings. The van der Waals surface area contributed by atoms with Gasteiger partial charge >= 0.3 is 0 Å². The lowest BCUT2D eigenvalue weighted by molar-refractivity contribution is 0.0955. The van der Waals surface area contributed by atoms with Gasteiger partial charge in [0.05, 0.1) is 17.5 Å². The summed E-state index contributed by atoms with van der Waals surface area (Å²) >= 11 is 9.34. The fourth-order valence-corrected chi connectivity index (χ4v) is 2.73. The molecule has 2 aromatic heterocycles. The van der Waals surface area contributed by atoms with E-state index in [0.29, 0.717) is 0 Å². The normalized spacial score (nSPS) is 10.9. The van der Waals surface area contributed by atoms with Crippen molar-refractivity contribution < 1.29 is 4.79 Å². The number of hydrogen-bond donors (Lipinski definition) is 1. The Balaban J connectivity index is 1.76. The maximum absolute atomic E-state index is 12.0. The van der Waals surface area contributed by atoms with Gasteiger partial charge in [-0.15, -0.1) is 0 Å². The first-order valence-electron chi connectivity index (χ1n) is 7.02. The number of benzene rings is 1. The molecule has 120 valence electrons. The lowest BCUT2D eigenvalue weighted by Crippen LogP contribution is -2.18. The standard InChI is InChI=1S/C17H12BrClN4O/c18-12-4-1-5-13(10-12)23-9-3-6-14(23)11-21-22-17(24)15-7-2-8-20-16(15)19/h1-11H,(H,22,24). The molecule has 0 bridgehead atoms. The van der Waals surface area contributed by atoms with Crippen LogP contribution in [0.3, 0.4) is 0 Å². The molecule has 1 amide bonds. The van der Waals surface area contributed by atoms with Crippen LogP contribution < -0.4 is 5.43 Å². The number of nitrogens with one attached hydrogen (secondary N) is 1. The van der Waals surface area contributed by atoms with E-state index >= 15 is 0 Å². The lowest BCUT2D eigenvalue weighted by Gasteiger charge is -2.06. The molecule has 0 aliphatic carbocycles. The third-order valence-corrected chi connectivity index (χ3v) is 4.03. The molecule has 0 fully saturated rings. The summed E-state index contributed by atoms with van der Waals surface area (Å²) in [5.74, 6) is -0.412. The molecule has 0 unspecified atom stereocenters. The molecule has 3 rings (SSSR count). The van der Waals surface area contributed by atoms with E-state index in [-0.39, 0.29) is 10.7 Å². The third-order valence-electron chi connectivity index (χ3n) is 3.23. The highest BCUT2D eigenvalue weighted by Gasteiger charge is 2.09. The van der Waals surface area contributed by atoms with Crippen LogP contribution in [0.2, 0.25) is 5.15 Å². The second-order valence-corrected chi connectivity index (χ2v) is 6.10. The second-order valence-electron chi connectivity index (χ2n) is 4.82. The van der Waals surface area contributed by atoms with Crippen LogP contribution in [0.25, 0.3) is 5.69 Å². The molecule has 0 saturated heterocycles. The highest BCUT2D eigenvalue weighted by Crippen LogP contribution is 2.17. The fourth-order valence-electron chi connectivity index (χ4n) is 2.13. The van der Waals surface area contributed by atoms with Crippen LogP contribution in [0.1, 0.15) is 16.1 Å². The summed E-state index contributed by atoms with van der Waals surface area (Å²) in [7, 11) is 0. The summed E-state index contributed by atoms with van der Waals surface area (Å²) in [6.07, 6.45) is 5.01. The van der Waals surface area contributed by atoms with Crippen LogP contribution >= 0.6 is 27.5 Å². The van der Waals surface area contributed by atoms with Gasteiger partial charge in [0.25, 0.3) is 5.91 Å². The van der Waals surface area contributed by atoms with Gasteiger partial charge in [0.15, 0.2) is 0 Å². The van der Waals surface area contributed by atoms with Crippen LogP contribution in [0.4, 0.5) is 0 Å². The van der Waals surface area contributed by atoms with E-state index in [1.807, 2.05) is 47.2 Å². The van der Waals surface area contributed by atoms with E-state index in [1.54, 1.807) is 18.3 Å². The van der Waals surface area contributed by atoms with E-state index in [2.05, 4.69) is 31.4 Å². The van der Waals surface area contributed by atoms with E-state index in [4.69, 9.17) is 11.6 Å². The first-order chi connectivity index (χ1) is 11.6. The monoisotopic (exact) mass is 402 g/mol. The highest BCUT2D eigenvalue weighted by molar-refractivity contribution is 9.10. The number of aromatic nitrogens is 2. The molecule has 5 nitrogen and oxygen atoms in total. The maximum Gasteiger partial charge on any atom is 0.274 e. The summed E-state index contributed by atoms with van der Waals surface area (Å²) in [4.78, 5) is 15.9. The zero-order chi connectivity index (χ0) is 16.9. The van der Waals surface area contributed by atoms with Gasteiger partial charge in [0.1, 0.15) is 5.15 Å². The number of rotatable bonds is 4. The molecule has 1 aromatic carbocycles. The average Bonchev–Trinajstić information content (AvgIpc) is 3.03.